The summed E-state index contributed by atoms with van der Waals surface area (Å²) < 4.78 is 13.0. The van der Waals surface area contributed by atoms with Crippen LogP contribution in [0.25, 0.3) is 21.3 Å². The summed E-state index contributed by atoms with van der Waals surface area (Å²) >= 11 is 1.49. The molecule has 29 heavy (non-hydrogen) atoms. The molecule has 0 saturated heterocycles. The summed E-state index contributed by atoms with van der Waals surface area (Å²) in [6.07, 6.45) is 0.822. The van der Waals surface area contributed by atoms with Crippen molar-refractivity contribution in [1.29, 1.82) is 0 Å². The average Bonchev–Trinajstić information content (AvgIpc) is 3.29. The number of aryl methyl sites for hydroxylation is 1. The molecule has 0 aliphatic heterocycles. The molecule has 4 aromatic rings. The Hall–Kier alpha value is -2.97. The highest BCUT2D eigenvalue weighted by Crippen LogP contribution is 2.29. The maximum atomic E-state index is 12.9. The lowest BCUT2D eigenvalue weighted by atomic mass is 10.2. The number of anilines is 1. The van der Waals surface area contributed by atoms with Crippen LogP contribution in [0.2, 0.25) is 0 Å². The largest absolute Gasteiger partial charge is 0.419 e. The van der Waals surface area contributed by atoms with Crippen molar-refractivity contribution in [2.45, 2.75) is 19.4 Å². The van der Waals surface area contributed by atoms with Gasteiger partial charge < -0.3 is 9.15 Å². The first-order valence-electron chi connectivity index (χ1n) is 9.40. The smallest absolute Gasteiger partial charge is 0.408 e. The Kier molecular flexibility index (Phi) is 5.73. The highest BCUT2D eigenvalue weighted by atomic mass is 32.1. The number of rotatable bonds is 8. The second-order valence-electron chi connectivity index (χ2n) is 6.59. The van der Waals surface area contributed by atoms with Crippen LogP contribution in [0.5, 0.6) is 0 Å². The van der Waals surface area contributed by atoms with Gasteiger partial charge >= 0.3 is 5.76 Å². The Morgan fingerprint density at radius 1 is 1.21 bits per heavy atom. The standard InChI is InChI=1S/C21H21N3O4S/c1-27-14-13-24(20-22-15-7-2-5-10-18(15)29-20)19(25)11-6-12-23-16-8-3-4-9-17(16)28-21(23)26/h2-5,7-10H,6,11-14H2,1H3. The normalized spacial score (nSPS) is 11.3. The molecule has 0 spiro atoms. The van der Waals surface area contributed by atoms with Crippen LogP contribution < -0.4 is 10.7 Å². The predicted octanol–water partition coefficient (Wildman–Crippen LogP) is 3.66. The number of hydrogen-bond acceptors (Lipinski definition) is 6. The van der Waals surface area contributed by atoms with E-state index in [1.54, 1.807) is 22.6 Å². The van der Waals surface area contributed by atoms with Gasteiger partial charge in [-0.1, -0.05) is 35.6 Å². The van der Waals surface area contributed by atoms with E-state index < -0.39 is 5.76 Å². The van der Waals surface area contributed by atoms with Gasteiger partial charge in [0.25, 0.3) is 0 Å². The third-order valence-electron chi connectivity index (χ3n) is 4.68. The number of hydrogen-bond donors (Lipinski definition) is 0. The number of carbonyl (C=O) groups is 1. The summed E-state index contributed by atoms with van der Waals surface area (Å²) in [6.45, 7) is 1.27. The SMILES string of the molecule is COCCN(C(=O)CCCn1c(=O)oc2ccccc21)c1nc2ccccc2s1. The molecule has 2 heterocycles. The molecule has 0 aliphatic carbocycles. The molecule has 0 radical (unpaired) electrons. The minimum absolute atomic E-state index is 0.0399. The van der Waals surface area contributed by atoms with E-state index in [2.05, 4.69) is 4.98 Å². The van der Waals surface area contributed by atoms with Crippen molar-refractivity contribution >= 4 is 43.7 Å². The third kappa shape index (κ3) is 4.08. The number of fused-ring (bicyclic) bond motifs is 2. The van der Waals surface area contributed by atoms with Crippen molar-refractivity contribution in [3.63, 3.8) is 0 Å². The maximum absolute atomic E-state index is 12.9. The number of amides is 1. The second-order valence-corrected chi connectivity index (χ2v) is 7.60. The fourth-order valence-electron chi connectivity index (χ4n) is 3.23. The summed E-state index contributed by atoms with van der Waals surface area (Å²) in [5.74, 6) is -0.442. The maximum Gasteiger partial charge on any atom is 0.419 e. The first-order chi connectivity index (χ1) is 14.2. The first-order valence-corrected chi connectivity index (χ1v) is 10.2. The zero-order valence-corrected chi connectivity index (χ0v) is 16.9. The fourth-order valence-corrected chi connectivity index (χ4v) is 4.24. The van der Waals surface area contributed by atoms with Gasteiger partial charge in [0.15, 0.2) is 10.7 Å². The van der Waals surface area contributed by atoms with E-state index in [9.17, 15) is 9.59 Å². The fraction of sp³-hybridized carbons (Fsp3) is 0.286. The van der Waals surface area contributed by atoms with Crippen LogP contribution in [-0.4, -0.2) is 35.7 Å². The monoisotopic (exact) mass is 411 g/mol. The Balaban J connectivity index is 1.48. The number of benzene rings is 2. The molecule has 150 valence electrons. The zero-order chi connectivity index (χ0) is 20.2. The highest BCUT2D eigenvalue weighted by molar-refractivity contribution is 7.22. The van der Waals surface area contributed by atoms with Gasteiger partial charge in [0.2, 0.25) is 5.91 Å². The molecule has 0 saturated carbocycles. The summed E-state index contributed by atoms with van der Waals surface area (Å²) in [5, 5.41) is 0.666. The van der Waals surface area contributed by atoms with Crippen molar-refractivity contribution in [3.8, 4) is 0 Å². The minimum Gasteiger partial charge on any atom is -0.408 e. The molecule has 0 atom stereocenters. The molecular formula is C21H21N3O4S. The van der Waals surface area contributed by atoms with Crippen LogP contribution >= 0.6 is 11.3 Å². The van der Waals surface area contributed by atoms with E-state index in [0.29, 0.717) is 43.3 Å². The number of para-hydroxylation sites is 3. The molecule has 0 fully saturated rings. The zero-order valence-electron chi connectivity index (χ0n) is 16.0. The van der Waals surface area contributed by atoms with E-state index in [4.69, 9.17) is 9.15 Å². The minimum atomic E-state index is -0.402. The molecule has 0 unspecified atom stereocenters. The Morgan fingerprint density at radius 3 is 2.83 bits per heavy atom. The van der Waals surface area contributed by atoms with E-state index >= 15 is 0 Å². The van der Waals surface area contributed by atoms with Crippen molar-refractivity contribution in [3.05, 3.63) is 59.1 Å². The van der Waals surface area contributed by atoms with Crippen LogP contribution in [-0.2, 0) is 16.1 Å². The van der Waals surface area contributed by atoms with Crippen LogP contribution in [0.4, 0.5) is 5.13 Å². The first kappa shape index (κ1) is 19.4. The van der Waals surface area contributed by atoms with Gasteiger partial charge in [0.1, 0.15) is 0 Å². The summed E-state index contributed by atoms with van der Waals surface area (Å²) in [6, 6.07) is 15.1. The van der Waals surface area contributed by atoms with Crippen molar-refractivity contribution in [2.24, 2.45) is 0 Å². The number of nitrogens with zero attached hydrogens (tertiary/aromatic N) is 3. The topological polar surface area (TPSA) is 77.6 Å². The van der Waals surface area contributed by atoms with Gasteiger partial charge in [0, 0.05) is 20.1 Å². The Bertz CT molecular complexity index is 1160. The van der Waals surface area contributed by atoms with Crippen LogP contribution in [0.1, 0.15) is 12.8 Å². The molecule has 2 aromatic heterocycles. The number of carbonyl (C=O) groups excluding carboxylic acids is 1. The van der Waals surface area contributed by atoms with Crippen LogP contribution in [0.15, 0.2) is 57.7 Å². The average molecular weight is 411 g/mol. The third-order valence-corrected chi connectivity index (χ3v) is 5.74. The second kappa shape index (κ2) is 8.59. The summed E-state index contributed by atoms with van der Waals surface area (Å²) in [5.41, 5.74) is 2.17. The summed E-state index contributed by atoms with van der Waals surface area (Å²) in [4.78, 5) is 31.3. The lowest BCUT2D eigenvalue weighted by molar-refractivity contribution is -0.118. The molecular weight excluding hydrogens is 390 g/mol. The Morgan fingerprint density at radius 2 is 2.00 bits per heavy atom. The number of aromatic nitrogens is 2. The quantitative estimate of drug-likeness (QED) is 0.442. The van der Waals surface area contributed by atoms with Gasteiger partial charge in [-0.2, -0.15) is 0 Å². The molecule has 1 amide bonds. The molecule has 2 aromatic carbocycles. The molecule has 0 aliphatic rings. The van der Waals surface area contributed by atoms with E-state index in [-0.39, 0.29) is 5.91 Å². The lowest BCUT2D eigenvalue weighted by Gasteiger charge is -2.19. The molecule has 4 rings (SSSR count). The Labute approximate surface area is 171 Å². The molecule has 7 nitrogen and oxygen atoms in total. The highest BCUT2D eigenvalue weighted by Gasteiger charge is 2.19. The molecule has 8 heteroatoms. The number of oxazole rings is 1. The van der Waals surface area contributed by atoms with Crippen LogP contribution in [0, 0.1) is 0 Å². The van der Waals surface area contributed by atoms with Crippen molar-refractivity contribution in [1.82, 2.24) is 9.55 Å². The lowest BCUT2D eigenvalue weighted by Crippen LogP contribution is -2.34. The van der Waals surface area contributed by atoms with Gasteiger partial charge in [-0.15, -0.1) is 0 Å². The van der Waals surface area contributed by atoms with E-state index in [0.717, 1.165) is 15.7 Å². The molecule has 0 bridgehead atoms. The van der Waals surface area contributed by atoms with E-state index in [1.807, 2.05) is 42.5 Å². The van der Waals surface area contributed by atoms with Crippen molar-refractivity contribution < 1.29 is 13.9 Å². The summed E-state index contributed by atoms with van der Waals surface area (Å²) in [7, 11) is 1.61. The van der Waals surface area contributed by atoms with Crippen LogP contribution in [0.3, 0.4) is 0 Å². The van der Waals surface area contributed by atoms with Crippen molar-refractivity contribution in [2.75, 3.05) is 25.2 Å². The van der Waals surface area contributed by atoms with Gasteiger partial charge in [-0.3, -0.25) is 14.3 Å². The predicted molar refractivity (Wildman–Crippen MR) is 114 cm³/mol. The number of thiazole rings is 1. The van der Waals surface area contributed by atoms with Gasteiger partial charge in [-0.05, 0) is 30.7 Å². The van der Waals surface area contributed by atoms with E-state index in [1.165, 1.54) is 11.3 Å². The molecule has 0 N–H and O–H groups in total. The number of ether oxygens (including phenoxy) is 1. The number of methoxy groups -OCH3 is 1. The van der Waals surface area contributed by atoms with Gasteiger partial charge in [0.05, 0.1) is 28.9 Å². The van der Waals surface area contributed by atoms with Gasteiger partial charge in [-0.25, -0.2) is 9.78 Å².